The number of ketones is 1. The molecule has 0 N–H and O–H groups in total. The summed E-state index contributed by atoms with van der Waals surface area (Å²) in [5.41, 5.74) is 4.71. The van der Waals surface area contributed by atoms with Gasteiger partial charge in [0.1, 0.15) is 11.0 Å². The van der Waals surface area contributed by atoms with Crippen molar-refractivity contribution in [3.05, 3.63) is 28.6 Å². The Kier molecular flexibility index (Phi) is 4.26. The van der Waals surface area contributed by atoms with Crippen molar-refractivity contribution in [1.82, 2.24) is 19.4 Å². The Labute approximate surface area is 141 Å². The number of nitrogens with zero attached hydrogens (tertiary/aromatic N) is 4. The monoisotopic (exact) mass is 330 g/mol. The minimum atomic E-state index is 0. The summed E-state index contributed by atoms with van der Waals surface area (Å²) < 4.78 is 4.57. The molecule has 0 radical (unpaired) electrons. The zero-order valence-corrected chi connectivity index (χ0v) is 14.6. The van der Waals surface area contributed by atoms with Gasteiger partial charge >= 0.3 is 0 Å². The van der Waals surface area contributed by atoms with Crippen molar-refractivity contribution >= 4 is 28.3 Å². The third-order valence-corrected chi connectivity index (χ3v) is 4.76. The number of aromatic nitrogens is 4. The first-order valence-electron chi connectivity index (χ1n) is 7.96. The van der Waals surface area contributed by atoms with Crippen LogP contribution in [0.5, 0.6) is 0 Å². The van der Waals surface area contributed by atoms with Crippen molar-refractivity contribution < 1.29 is 6.22 Å². The average molecular weight is 330 g/mol. The van der Waals surface area contributed by atoms with Crippen LogP contribution in [-0.4, -0.2) is 25.2 Å². The van der Waals surface area contributed by atoms with Gasteiger partial charge in [0.2, 0.25) is 0 Å². The average Bonchev–Trinajstić information content (AvgIpc) is 3.16. The number of carbonyl (C=O) groups is 1. The molecule has 3 aromatic rings. The summed E-state index contributed by atoms with van der Waals surface area (Å²) in [5.74, 6) is 0.580. The van der Waals surface area contributed by atoms with E-state index < -0.39 is 0 Å². The van der Waals surface area contributed by atoms with Gasteiger partial charge in [0, 0.05) is 26.5 Å². The fourth-order valence-electron chi connectivity index (χ4n) is 2.73. The van der Waals surface area contributed by atoms with Crippen molar-refractivity contribution in [3.8, 4) is 11.3 Å². The lowest BCUT2D eigenvalue weighted by Crippen LogP contribution is -1.95. The number of hydrogen-bond donors (Lipinski definition) is 0. The number of Topliss-reactive ketones (excluding diaryl/α,β-unsaturated/α-hetero) is 1. The predicted molar refractivity (Wildman–Crippen MR) is 95.1 cm³/mol. The van der Waals surface area contributed by atoms with Crippen LogP contribution in [0.15, 0.2) is 18.2 Å². The van der Waals surface area contributed by atoms with Gasteiger partial charge in [-0.25, -0.2) is 0 Å². The molecule has 1 aliphatic carbocycles. The van der Waals surface area contributed by atoms with E-state index in [1.807, 2.05) is 39.1 Å². The number of hydrogen-bond acceptors (Lipinski definition) is 5. The second-order valence-electron chi connectivity index (χ2n) is 5.47. The van der Waals surface area contributed by atoms with Gasteiger partial charge in [-0.1, -0.05) is 26.0 Å². The molecule has 23 heavy (non-hydrogen) atoms. The van der Waals surface area contributed by atoms with E-state index in [0.29, 0.717) is 5.92 Å². The highest BCUT2D eigenvalue weighted by Gasteiger charge is 2.33. The molecule has 1 aliphatic rings. The van der Waals surface area contributed by atoms with Gasteiger partial charge in [-0.05, 0) is 36.4 Å². The van der Waals surface area contributed by atoms with E-state index in [4.69, 9.17) is 0 Å². The Balaban J connectivity index is 0.000000670. The lowest BCUT2D eigenvalue weighted by atomic mass is 10.0. The van der Waals surface area contributed by atoms with Crippen LogP contribution >= 0.6 is 11.5 Å². The molecular weight excluding hydrogens is 308 g/mol. The molecular formula is C17H22N4OS. The summed E-state index contributed by atoms with van der Waals surface area (Å²) in [5, 5.41) is 8.80. The number of carbonyl (C=O) groups excluding carboxylic acids is 1. The van der Waals surface area contributed by atoms with Crippen LogP contribution in [0.3, 0.4) is 0 Å². The first-order chi connectivity index (χ1) is 11.1. The number of rotatable bonds is 3. The Morgan fingerprint density at radius 1 is 1.30 bits per heavy atom. The van der Waals surface area contributed by atoms with Crippen LogP contribution in [0.1, 0.15) is 56.2 Å². The van der Waals surface area contributed by atoms with Gasteiger partial charge in [-0.2, -0.15) is 19.4 Å². The number of benzene rings is 1. The first-order valence-corrected chi connectivity index (χ1v) is 8.73. The van der Waals surface area contributed by atoms with Gasteiger partial charge in [0.25, 0.3) is 0 Å². The molecule has 0 unspecified atom stereocenters. The van der Waals surface area contributed by atoms with Crippen LogP contribution in [0.25, 0.3) is 22.3 Å². The summed E-state index contributed by atoms with van der Waals surface area (Å²) in [6.45, 7) is 5.62. The SMILES string of the molecule is CC.CC(=O)c1snc(-c2cccc3nn(C)nc23)c1C1CC1.[HH]. The van der Waals surface area contributed by atoms with Gasteiger partial charge in [0.15, 0.2) is 5.78 Å². The maximum Gasteiger partial charge on any atom is 0.171 e. The van der Waals surface area contributed by atoms with Crippen LogP contribution in [0, 0.1) is 0 Å². The summed E-state index contributed by atoms with van der Waals surface area (Å²) >= 11 is 1.31. The molecule has 6 heteroatoms. The van der Waals surface area contributed by atoms with Crippen LogP contribution < -0.4 is 0 Å². The van der Waals surface area contributed by atoms with E-state index >= 15 is 0 Å². The van der Waals surface area contributed by atoms with Crippen molar-refractivity contribution in [2.75, 3.05) is 0 Å². The molecule has 0 atom stereocenters. The Morgan fingerprint density at radius 2 is 2.04 bits per heavy atom. The van der Waals surface area contributed by atoms with E-state index in [-0.39, 0.29) is 7.21 Å². The molecule has 1 saturated carbocycles. The molecule has 5 nitrogen and oxygen atoms in total. The van der Waals surface area contributed by atoms with E-state index in [0.717, 1.165) is 45.6 Å². The Hall–Kier alpha value is -2.08. The molecule has 0 bridgehead atoms. The van der Waals surface area contributed by atoms with Crippen LogP contribution in [0.2, 0.25) is 0 Å². The molecule has 0 amide bonds. The summed E-state index contributed by atoms with van der Waals surface area (Å²) in [6.07, 6.45) is 2.28. The molecule has 4 rings (SSSR count). The quantitative estimate of drug-likeness (QED) is 0.666. The van der Waals surface area contributed by atoms with E-state index in [9.17, 15) is 4.79 Å². The zero-order chi connectivity index (χ0) is 16.6. The molecule has 1 aromatic carbocycles. The lowest BCUT2D eigenvalue weighted by Gasteiger charge is -2.03. The second-order valence-corrected chi connectivity index (χ2v) is 6.24. The minimum Gasteiger partial charge on any atom is -0.294 e. The zero-order valence-electron chi connectivity index (χ0n) is 13.8. The van der Waals surface area contributed by atoms with Crippen LogP contribution in [-0.2, 0) is 7.05 Å². The molecule has 122 valence electrons. The highest BCUT2D eigenvalue weighted by atomic mass is 32.1. The smallest absolute Gasteiger partial charge is 0.171 e. The maximum atomic E-state index is 11.8. The van der Waals surface area contributed by atoms with Gasteiger partial charge < -0.3 is 0 Å². The highest BCUT2D eigenvalue weighted by Crippen LogP contribution is 2.47. The largest absolute Gasteiger partial charge is 0.294 e. The first kappa shape index (κ1) is 15.8. The van der Waals surface area contributed by atoms with Crippen LogP contribution in [0.4, 0.5) is 0 Å². The van der Waals surface area contributed by atoms with Crippen molar-refractivity contribution in [2.45, 2.75) is 39.5 Å². The Morgan fingerprint density at radius 3 is 2.70 bits per heavy atom. The molecule has 2 heterocycles. The van der Waals surface area contributed by atoms with Crippen molar-refractivity contribution in [3.63, 3.8) is 0 Å². The van der Waals surface area contributed by atoms with E-state index in [1.54, 1.807) is 11.7 Å². The van der Waals surface area contributed by atoms with Gasteiger partial charge in [0.05, 0.1) is 10.6 Å². The normalized spacial score (nSPS) is 13.7. The number of fused-ring (bicyclic) bond motifs is 1. The lowest BCUT2D eigenvalue weighted by molar-refractivity contribution is 0.102. The third-order valence-electron chi connectivity index (χ3n) is 3.80. The fraction of sp³-hybridized carbons (Fsp3) is 0.412. The Bertz CT molecular complexity index is 867. The summed E-state index contributed by atoms with van der Waals surface area (Å²) in [4.78, 5) is 14.2. The predicted octanol–water partition coefficient (Wildman–Crippen LogP) is 4.44. The van der Waals surface area contributed by atoms with Gasteiger partial charge in [-0.3, -0.25) is 4.79 Å². The second kappa shape index (κ2) is 6.20. The van der Waals surface area contributed by atoms with Gasteiger partial charge in [-0.15, -0.1) is 0 Å². The fourth-order valence-corrected chi connectivity index (χ4v) is 3.60. The molecule has 2 aromatic heterocycles. The summed E-state index contributed by atoms with van der Waals surface area (Å²) in [6, 6.07) is 5.93. The van der Waals surface area contributed by atoms with E-state index in [1.165, 1.54) is 11.5 Å². The topological polar surface area (TPSA) is 60.7 Å². The third kappa shape index (κ3) is 2.79. The van der Waals surface area contributed by atoms with E-state index in [2.05, 4.69) is 14.6 Å². The van der Waals surface area contributed by atoms with Crippen molar-refractivity contribution in [2.24, 2.45) is 7.05 Å². The van der Waals surface area contributed by atoms with Crippen molar-refractivity contribution in [1.29, 1.82) is 0 Å². The molecule has 1 fully saturated rings. The summed E-state index contributed by atoms with van der Waals surface area (Å²) in [7, 11) is 1.81. The molecule has 0 saturated heterocycles. The number of aryl methyl sites for hydroxylation is 1. The maximum absolute atomic E-state index is 11.8. The molecule has 0 aliphatic heterocycles. The molecule has 0 spiro atoms. The highest BCUT2D eigenvalue weighted by molar-refractivity contribution is 7.08. The standard InChI is InChI=1S/C15H14N4OS.C2H6.H2/c1-8(20)15-12(9-6-7-9)14(18-21-15)10-4-3-5-11-13(10)17-19(2)16-11;1-2;/h3-5,9H,6-7H2,1-2H3;1-2H3;1H. The minimum absolute atomic E-state index is 0.